The summed E-state index contributed by atoms with van der Waals surface area (Å²) in [5, 5.41) is 5.71. The van der Waals surface area contributed by atoms with Gasteiger partial charge in [0, 0.05) is 48.9 Å². The molecule has 2 heterocycles. The maximum atomic E-state index is 12.7. The Labute approximate surface area is 169 Å². The standard InChI is InChI=1S/C22H23N3O4/c1-14-12-15(4-6-17(14)25-11-10-23-21(25)27)20(26)24-16-5-7-18-19(13-16)29-22(28-18)8-2-3-9-22/h4-7,12-13H,2-3,8-11H2,1H3,(H,23,27)(H,24,26). The lowest BCUT2D eigenvalue weighted by molar-refractivity contribution is -0.0716. The lowest BCUT2D eigenvalue weighted by Gasteiger charge is -2.21. The fourth-order valence-electron chi connectivity index (χ4n) is 4.29. The molecule has 0 unspecified atom stereocenters. The molecule has 3 amide bonds. The number of ether oxygens (including phenoxy) is 2. The van der Waals surface area contributed by atoms with Crippen molar-refractivity contribution < 1.29 is 19.1 Å². The molecule has 2 N–H and O–H groups in total. The van der Waals surface area contributed by atoms with Crippen LogP contribution >= 0.6 is 0 Å². The first kappa shape index (κ1) is 17.8. The quantitative estimate of drug-likeness (QED) is 0.831. The first-order valence-electron chi connectivity index (χ1n) is 10.0. The van der Waals surface area contributed by atoms with E-state index in [1.54, 1.807) is 17.0 Å². The van der Waals surface area contributed by atoms with Crippen LogP contribution in [-0.4, -0.2) is 30.8 Å². The molecule has 1 saturated heterocycles. The van der Waals surface area contributed by atoms with E-state index in [2.05, 4.69) is 10.6 Å². The summed E-state index contributed by atoms with van der Waals surface area (Å²) in [6.07, 6.45) is 3.99. The highest BCUT2D eigenvalue weighted by atomic mass is 16.7. The zero-order valence-corrected chi connectivity index (χ0v) is 16.3. The van der Waals surface area contributed by atoms with Gasteiger partial charge in [0.2, 0.25) is 0 Å². The minimum absolute atomic E-state index is 0.106. The van der Waals surface area contributed by atoms with Crippen molar-refractivity contribution in [2.24, 2.45) is 0 Å². The van der Waals surface area contributed by atoms with Crippen molar-refractivity contribution in [3.63, 3.8) is 0 Å². The topological polar surface area (TPSA) is 79.9 Å². The fraction of sp³-hybridized carbons (Fsp3) is 0.364. The molecule has 7 heteroatoms. The normalized spacial score (nSPS) is 18.9. The van der Waals surface area contributed by atoms with Gasteiger partial charge in [0.15, 0.2) is 11.5 Å². The van der Waals surface area contributed by atoms with Crippen LogP contribution in [0.1, 0.15) is 41.6 Å². The minimum Gasteiger partial charge on any atom is -0.448 e. The zero-order valence-electron chi connectivity index (χ0n) is 16.3. The number of nitrogens with one attached hydrogen (secondary N) is 2. The van der Waals surface area contributed by atoms with E-state index in [0.717, 1.165) is 42.7 Å². The number of hydrogen-bond donors (Lipinski definition) is 2. The van der Waals surface area contributed by atoms with Crippen LogP contribution in [-0.2, 0) is 0 Å². The molecular formula is C22H23N3O4. The number of rotatable bonds is 3. The van der Waals surface area contributed by atoms with Gasteiger partial charge in [-0.3, -0.25) is 9.69 Å². The third-order valence-electron chi connectivity index (χ3n) is 5.77. The summed E-state index contributed by atoms with van der Waals surface area (Å²) in [6.45, 7) is 3.16. The second kappa shape index (κ2) is 6.69. The van der Waals surface area contributed by atoms with Gasteiger partial charge in [-0.2, -0.15) is 0 Å². The number of nitrogens with zero attached hydrogens (tertiary/aromatic N) is 1. The molecule has 0 bridgehead atoms. The van der Waals surface area contributed by atoms with E-state index in [0.29, 0.717) is 30.1 Å². The number of urea groups is 1. The molecule has 1 saturated carbocycles. The van der Waals surface area contributed by atoms with Gasteiger partial charge in [-0.1, -0.05) is 0 Å². The van der Waals surface area contributed by atoms with E-state index < -0.39 is 5.79 Å². The molecule has 2 aromatic rings. The van der Waals surface area contributed by atoms with E-state index in [1.807, 2.05) is 31.2 Å². The smallest absolute Gasteiger partial charge is 0.322 e. The minimum atomic E-state index is -0.514. The summed E-state index contributed by atoms with van der Waals surface area (Å²) < 4.78 is 12.1. The van der Waals surface area contributed by atoms with Crippen LogP contribution < -0.4 is 25.0 Å². The predicted molar refractivity (Wildman–Crippen MR) is 109 cm³/mol. The van der Waals surface area contributed by atoms with Crippen LogP contribution in [0.25, 0.3) is 0 Å². The molecule has 2 fully saturated rings. The van der Waals surface area contributed by atoms with Crippen LogP contribution in [0.15, 0.2) is 36.4 Å². The number of anilines is 2. The van der Waals surface area contributed by atoms with E-state index >= 15 is 0 Å². The second-order valence-corrected chi connectivity index (χ2v) is 7.82. The van der Waals surface area contributed by atoms with Crippen molar-refractivity contribution in [3.05, 3.63) is 47.5 Å². The van der Waals surface area contributed by atoms with Gasteiger partial charge in [-0.05, 0) is 55.7 Å². The van der Waals surface area contributed by atoms with Crippen molar-refractivity contribution in [3.8, 4) is 11.5 Å². The predicted octanol–water partition coefficient (Wildman–Crippen LogP) is 3.82. The summed E-state index contributed by atoms with van der Waals surface area (Å²) in [5.41, 5.74) is 2.90. The van der Waals surface area contributed by atoms with E-state index in [1.165, 1.54) is 0 Å². The Hall–Kier alpha value is -3.22. The van der Waals surface area contributed by atoms with Gasteiger partial charge in [0.05, 0.1) is 0 Å². The second-order valence-electron chi connectivity index (χ2n) is 7.82. The lowest BCUT2D eigenvalue weighted by atomic mass is 10.1. The first-order valence-corrected chi connectivity index (χ1v) is 10.0. The van der Waals surface area contributed by atoms with Crippen molar-refractivity contribution in [1.82, 2.24) is 5.32 Å². The average Bonchev–Trinajstić information content (AvgIpc) is 3.42. The SMILES string of the molecule is Cc1cc(C(=O)Nc2ccc3c(c2)OC2(CCCC2)O3)ccc1N1CCNC1=O. The van der Waals surface area contributed by atoms with Crippen molar-refractivity contribution in [2.75, 3.05) is 23.3 Å². The molecule has 150 valence electrons. The average molecular weight is 393 g/mol. The van der Waals surface area contributed by atoms with Crippen LogP contribution in [0.2, 0.25) is 0 Å². The van der Waals surface area contributed by atoms with E-state index in [9.17, 15) is 9.59 Å². The third-order valence-corrected chi connectivity index (χ3v) is 5.77. The van der Waals surface area contributed by atoms with E-state index in [-0.39, 0.29) is 11.9 Å². The zero-order chi connectivity index (χ0) is 20.0. The molecule has 0 aromatic heterocycles. The monoisotopic (exact) mass is 393 g/mol. The van der Waals surface area contributed by atoms with Crippen molar-refractivity contribution in [1.29, 1.82) is 0 Å². The lowest BCUT2D eigenvalue weighted by Crippen LogP contribution is -2.34. The van der Waals surface area contributed by atoms with Gasteiger partial charge in [-0.15, -0.1) is 0 Å². The highest BCUT2D eigenvalue weighted by Crippen LogP contribution is 2.47. The molecule has 29 heavy (non-hydrogen) atoms. The summed E-state index contributed by atoms with van der Waals surface area (Å²) >= 11 is 0. The number of fused-ring (bicyclic) bond motifs is 1. The number of carbonyl (C=O) groups excluding carboxylic acids is 2. The van der Waals surface area contributed by atoms with Crippen molar-refractivity contribution >= 4 is 23.3 Å². The third kappa shape index (κ3) is 3.16. The number of amides is 3. The molecule has 2 aromatic carbocycles. The fourth-order valence-corrected chi connectivity index (χ4v) is 4.29. The van der Waals surface area contributed by atoms with Gasteiger partial charge in [0.1, 0.15) is 0 Å². The molecule has 1 spiro atoms. The van der Waals surface area contributed by atoms with Gasteiger partial charge < -0.3 is 20.1 Å². The maximum Gasteiger partial charge on any atom is 0.322 e. The summed E-state index contributed by atoms with van der Waals surface area (Å²) in [6, 6.07) is 10.7. The molecule has 3 aliphatic rings. The van der Waals surface area contributed by atoms with E-state index in [4.69, 9.17) is 9.47 Å². The Bertz CT molecular complexity index is 998. The Kier molecular flexibility index (Phi) is 4.12. The van der Waals surface area contributed by atoms with Gasteiger partial charge in [-0.25, -0.2) is 4.79 Å². The van der Waals surface area contributed by atoms with Gasteiger partial charge >= 0.3 is 6.03 Å². The largest absolute Gasteiger partial charge is 0.448 e. The molecule has 0 atom stereocenters. The van der Waals surface area contributed by atoms with Crippen LogP contribution in [0.4, 0.5) is 16.2 Å². The molecule has 1 aliphatic carbocycles. The van der Waals surface area contributed by atoms with Gasteiger partial charge in [0.25, 0.3) is 11.7 Å². The molecule has 2 aliphatic heterocycles. The van der Waals surface area contributed by atoms with Crippen LogP contribution in [0, 0.1) is 6.92 Å². The molecular weight excluding hydrogens is 370 g/mol. The molecule has 0 radical (unpaired) electrons. The summed E-state index contributed by atoms with van der Waals surface area (Å²) in [4.78, 5) is 26.3. The first-order chi connectivity index (χ1) is 14.0. The Balaban J connectivity index is 1.31. The maximum absolute atomic E-state index is 12.7. The molecule has 5 rings (SSSR count). The highest BCUT2D eigenvalue weighted by Gasteiger charge is 2.44. The Morgan fingerprint density at radius 1 is 1.10 bits per heavy atom. The number of carbonyl (C=O) groups is 2. The summed E-state index contributed by atoms with van der Waals surface area (Å²) in [7, 11) is 0. The molecule has 7 nitrogen and oxygen atoms in total. The highest BCUT2D eigenvalue weighted by molar-refractivity contribution is 6.05. The Morgan fingerprint density at radius 2 is 1.90 bits per heavy atom. The van der Waals surface area contributed by atoms with Crippen LogP contribution in [0.3, 0.4) is 0 Å². The van der Waals surface area contributed by atoms with Crippen LogP contribution in [0.5, 0.6) is 11.5 Å². The number of aryl methyl sites for hydroxylation is 1. The number of benzene rings is 2. The Morgan fingerprint density at radius 3 is 2.62 bits per heavy atom. The number of hydrogen-bond acceptors (Lipinski definition) is 4. The summed E-state index contributed by atoms with van der Waals surface area (Å²) in [5.74, 6) is 0.685. The van der Waals surface area contributed by atoms with Crippen molar-refractivity contribution in [2.45, 2.75) is 38.4 Å².